The second kappa shape index (κ2) is 4.51. The molecule has 1 aromatic carbocycles. The third kappa shape index (κ3) is 1.96. The van der Waals surface area contributed by atoms with Crippen molar-refractivity contribution in [1.29, 1.82) is 0 Å². The molecule has 88 valence electrons. The van der Waals surface area contributed by atoms with Gasteiger partial charge in [-0.25, -0.2) is 0 Å². The number of hydrogen-bond acceptors (Lipinski definition) is 3. The summed E-state index contributed by atoms with van der Waals surface area (Å²) < 4.78 is 7.00. The largest absolute Gasteiger partial charge is 0.496 e. The van der Waals surface area contributed by atoms with Crippen molar-refractivity contribution in [1.82, 2.24) is 5.32 Å². The van der Waals surface area contributed by atoms with Gasteiger partial charge in [0.15, 0.2) is 0 Å². The lowest BCUT2D eigenvalue weighted by atomic mass is 10.1. The molecule has 1 unspecified atom stereocenters. The van der Waals surface area contributed by atoms with Gasteiger partial charge in [-0.2, -0.15) is 0 Å². The monoisotopic (exact) mass is 245 g/mol. The van der Waals surface area contributed by atoms with E-state index in [1.165, 1.54) is 15.0 Å². The molecule has 1 aromatic heterocycles. The van der Waals surface area contributed by atoms with Crippen LogP contribution in [0, 0.1) is 0 Å². The zero-order valence-electron chi connectivity index (χ0n) is 9.77. The molecule has 0 spiro atoms. The van der Waals surface area contributed by atoms with Gasteiger partial charge < -0.3 is 10.1 Å². The average Bonchev–Trinajstić information content (AvgIpc) is 2.98. The van der Waals surface area contributed by atoms with Crippen LogP contribution in [0.4, 0.5) is 0 Å². The Morgan fingerprint density at radius 2 is 2.24 bits per heavy atom. The molecule has 0 saturated heterocycles. The van der Waals surface area contributed by atoms with Crippen molar-refractivity contribution in [3.8, 4) is 0 Å². The van der Waals surface area contributed by atoms with Crippen molar-refractivity contribution in [3.05, 3.63) is 47.0 Å². The summed E-state index contributed by atoms with van der Waals surface area (Å²) in [6, 6.07) is 11.0. The fraction of sp³-hybridized carbons (Fsp3) is 0.286. The Hall–Kier alpha value is -1.32. The highest BCUT2D eigenvalue weighted by atomic mass is 32.1. The molecule has 2 heterocycles. The van der Waals surface area contributed by atoms with E-state index in [1.807, 2.05) is 18.4 Å². The highest BCUT2D eigenvalue weighted by Crippen LogP contribution is 2.34. The van der Waals surface area contributed by atoms with Crippen LogP contribution in [0.2, 0.25) is 0 Å². The molecule has 1 aliphatic rings. The Bertz CT molecular complexity index is 525. The first-order valence-electron chi connectivity index (χ1n) is 5.87. The zero-order chi connectivity index (χ0) is 11.7. The highest BCUT2D eigenvalue weighted by molar-refractivity contribution is 7.19. The van der Waals surface area contributed by atoms with E-state index < -0.39 is 0 Å². The molecule has 0 radical (unpaired) electrons. The van der Waals surface area contributed by atoms with E-state index in [0.29, 0.717) is 0 Å². The van der Waals surface area contributed by atoms with Gasteiger partial charge in [0.25, 0.3) is 0 Å². The first-order chi connectivity index (χ1) is 8.38. The van der Waals surface area contributed by atoms with E-state index in [0.717, 1.165) is 18.8 Å². The number of likely N-dealkylation sites (N-methyl/N-ethyl adjacent to an activating group) is 1. The molecule has 2 nitrogen and oxygen atoms in total. The lowest BCUT2D eigenvalue weighted by Crippen LogP contribution is -2.17. The normalized spacial score (nSPS) is 16.9. The molecule has 2 aromatic rings. The average molecular weight is 245 g/mol. The standard InChI is InChI=1S/C14H15NOS/c1-15-14(11-6-4-8-16-11)13-9-10-5-2-3-7-12(10)17-13/h2-3,5-7,9,14-15H,4,8H2,1H3. The van der Waals surface area contributed by atoms with Crippen molar-refractivity contribution in [2.24, 2.45) is 0 Å². The Balaban J connectivity index is 2.00. The van der Waals surface area contributed by atoms with E-state index in [2.05, 4.69) is 41.7 Å². The summed E-state index contributed by atoms with van der Waals surface area (Å²) in [5, 5.41) is 4.65. The van der Waals surface area contributed by atoms with E-state index in [9.17, 15) is 0 Å². The molecule has 1 atom stereocenters. The predicted octanol–water partition coefficient (Wildman–Crippen LogP) is 3.47. The fourth-order valence-corrected chi connectivity index (χ4v) is 3.39. The number of rotatable bonds is 3. The van der Waals surface area contributed by atoms with Crippen LogP contribution in [0.5, 0.6) is 0 Å². The van der Waals surface area contributed by atoms with Gasteiger partial charge in [-0.15, -0.1) is 11.3 Å². The van der Waals surface area contributed by atoms with Crippen LogP contribution in [-0.4, -0.2) is 13.7 Å². The zero-order valence-corrected chi connectivity index (χ0v) is 10.6. The van der Waals surface area contributed by atoms with Gasteiger partial charge in [0.2, 0.25) is 0 Å². The topological polar surface area (TPSA) is 21.3 Å². The lowest BCUT2D eigenvalue weighted by molar-refractivity contribution is 0.219. The molecule has 1 N–H and O–H groups in total. The summed E-state index contributed by atoms with van der Waals surface area (Å²) >= 11 is 1.83. The third-order valence-electron chi connectivity index (χ3n) is 3.03. The first-order valence-corrected chi connectivity index (χ1v) is 6.69. The Morgan fingerprint density at radius 3 is 2.94 bits per heavy atom. The summed E-state index contributed by atoms with van der Waals surface area (Å²) in [6.45, 7) is 0.818. The highest BCUT2D eigenvalue weighted by Gasteiger charge is 2.20. The molecule has 17 heavy (non-hydrogen) atoms. The Kier molecular flexibility index (Phi) is 2.87. The van der Waals surface area contributed by atoms with Crippen LogP contribution < -0.4 is 5.32 Å². The molecule has 0 bridgehead atoms. The van der Waals surface area contributed by atoms with Crippen molar-refractivity contribution >= 4 is 21.4 Å². The van der Waals surface area contributed by atoms with E-state index in [4.69, 9.17) is 4.74 Å². The van der Waals surface area contributed by atoms with E-state index in [1.54, 1.807) is 0 Å². The molecule has 0 amide bonds. The van der Waals surface area contributed by atoms with Crippen molar-refractivity contribution in [2.75, 3.05) is 13.7 Å². The molecule has 0 fully saturated rings. The number of fused-ring (bicyclic) bond motifs is 1. The lowest BCUT2D eigenvalue weighted by Gasteiger charge is -2.15. The molecule has 0 aliphatic carbocycles. The quantitative estimate of drug-likeness (QED) is 0.894. The minimum Gasteiger partial charge on any atom is -0.496 e. The molecular weight excluding hydrogens is 230 g/mol. The molecule has 3 heteroatoms. The number of benzene rings is 1. The van der Waals surface area contributed by atoms with Gasteiger partial charge in [-0.3, -0.25) is 0 Å². The van der Waals surface area contributed by atoms with Crippen LogP contribution in [-0.2, 0) is 4.74 Å². The van der Waals surface area contributed by atoms with Crippen LogP contribution in [0.15, 0.2) is 42.2 Å². The maximum Gasteiger partial charge on any atom is 0.114 e. The van der Waals surface area contributed by atoms with Gasteiger partial charge >= 0.3 is 0 Å². The van der Waals surface area contributed by atoms with Gasteiger partial charge in [0.05, 0.1) is 12.6 Å². The van der Waals surface area contributed by atoms with Gasteiger partial charge in [-0.1, -0.05) is 18.2 Å². The van der Waals surface area contributed by atoms with E-state index >= 15 is 0 Å². The summed E-state index contributed by atoms with van der Waals surface area (Å²) in [5.41, 5.74) is 0. The maximum absolute atomic E-state index is 5.66. The predicted molar refractivity (Wildman–Crippen MR) is 72.3 cm³/mol. The number of hydrogen-bond donors (Lipinski definition) is 1. The fourth-order valence-electron chi connectivity index (χ4n) is 2.21. The van der Waals surface area contributed by atoms with Crippen molar-refractivity contribution in [3.63, 3.8) is 0 Å². The van der Waals surface area contributed by atoms with Gasteiger partial charge in [0, 0.05) is 16.0 Å². The molecule has 1 aliphatic heterocycles. The maximum atomic E-state index is 5.66. The summed E-state index contributed by atoms with van der Waals surface area (Å²) in [4.78, 5) is 1.32. The van der Waals surface area contributed by atoms with Gasteiger partial charge in [-0.05, 0) is 30.6 Å². The second-order valence-corrected chi connectivity index (χ2v) is 5.27. The molecular formula is C14H15NOS. The SMILES string of the molecule is CNC(C1=CCCO1)c1cc2ccccc2s1. The summed E-state index contributed by atoms with van der Waals surface area (Å²) in [5.74, 6) is 1.07. The second-order valence-electron chi connectivity index (χ2n) is 4.15. The summed E-state index contributed by atoms with van der Waals surface area (Å²) in [7, 11) is 1.98. The minimum absolute atomic E-state index is 0.204. The van der Waals surface area contributed by atoms with E-state index in [-0.39, 0.29) is 6.04 Å². The van der Waals surface area contributed by atoms with Crippen LogP contribution >= 0.6 is 11.3 Å². The molecule has 0 saturated carbocycles. The van der Waals surface area contributed by atoms with Crippen molar-refractivity contribution < 1.29 is 4.74 Å². The number of ether oxygens (including phenoxy) is 1. The van der Waals surface area contributed by atoms with Crippen LogP contribution in [0.25, 0.3) is 10.1 Å². The van der Waals surface area contributed by atoms with Crippen LogP contribution in [0.3, 0.4) is 0 Å². The third-order valence-corrected chi connectivity index (χ3v) is 4.22. The van der Waals surface area contributed by atoms with Gasteiger partial charge in [0.1, 0.15) is 5.76 Å². The number of thiophene rings is 1. The Morgan fingerprint density at radius 1 is 1.35 bits per heavy atom. The number of nitrogens with one attached hydrogen (secondary N) is 1. The first kappa shape index (κ1) is 10.8. The van der Waals surface area contributed by atoms with Crippen molar-refractivity contribution in [2.45, 2.75) is 12.5 Å². The summed E-state index contributed by atoms with van der Waals surface area (Å²) in [6.07, 6.45) is 3.21. The molecule has 3 rings (SSSR count). The smallest absolute Gasteiger partial charge is 0.114 e. The Labute approximate surface area is 105 Å². The minimum atomic E-state index is 0.204. The van der Waals surface area contributed by atoms with Crippen LogP contribution in [0.1, 0.15) is 17.3 Å².